The van der Waals surface area contributed by atoms with Crippen LogP contribution in [0.3, 0.4) is 0 Å². The van der Waals surface area contributed by atoms with E-state index in [1.165, 1.54) is 0 Å². The molecule has 6 heteroatoms. The van der Waals surface area contributed by atoms with Crippen molar-refractivity contribution in [2.45, 2.75) is 58.9 Å². The SMILES string of the molecule is C[Si](C)(C)[Si](C(=O)O)([Si](C)(C)C)[Si](C)(C)C. The van der Waals surface area contributed by atoms with Crippen LogP contribution in [0.15, 0.2) is 0 Å². The lowest BCUT2D eigenvalue weighted by molar-refractivity contribution is 0.219. The Labute approximate surface area is 104 Å². The Kier molecular flexibility index (Phi) is 4.31. The summed E-state index contributed by atoms with van der Waals surface area (Å²) >= 11 is 0. The second kappa shape index (κ2) is 4.22. The summed E-state index contributed by atoms with van der Waals surface area (Å²) < 4.78 is 0. The summed E-state index contributed by atoms with van der Waals surface area (Å²) in [6.45, 7) is 18.5. The molecule has 0 rings (SSSR count). The van der Waals surface area contributed by atoms with E-state index in [1.54, 1.807) is 0 Å². The molecule has 0 aliphatic heterocycles. The van der Waals surface area contributed by atoms with E-state index in [-0.39, 0.29) is 5.59 Å². The van der Waals surface area contributed by atoms with Gasteiger partial charge in [0.1, 0.15) is 0 Å². The van der Waals surface area contributed by atoms with Gasteiger partial charge in [0.2, 0.25) is 0 Å². The lowest BCUT2D eigenvalue weighted by Crippen LogP contribution is -2.86. The predicted octanol–water partition coefficient (Wildman–Crippen LogP) is 3.94. The first-order valence-electron chi connectivity index (χ1n) is 5.93. The standard InChI is InChI=1S/C10H28O2Si4/c1-13(2,3)16(10(11)12,14(4,5)6)15(7,8)9/h1-9H3,(H,11,12). The molecule has 0 unspecified atom stereocenters. The van der Waals surface area contributed by atoms with E-state index in [0.717, 1.165) is 0 Å². The molecule has 0 aromatic carbocycles. The summed E-state index contributed by atoms with van der Waals surface area (Å²) in [6.07, 6.45) is 0. The van der Waals surface area contributed by atoms with Crippen molar-refractivity contribution in [2.24, 2.45) is 0 Å². The van der Waals surface area contributed by atoms with Crippen LogP contribution < -0.4 is 0 Å². The van der Waals surface area contributed by atoms with Crippen LogP contribution in [-0.4, -0.2) is 40.1 Å². The van der Waals surface area contributed by atoms with Gasteiger partial charge in [-0.25, -0.2) is 0 Å². The van der Waals surface area contributed by atoms with Crippen molar-refractivity contribution in [1.29, 1.82) is 0 Å². The van der Waals surface area contributed by atoms with Gasteiger partial charge < -0.3 is 5.11 Å². The molecular formula is C10H28O2Si4. The minimum absolute atomic E-state index is 0.370. The fraction of sp³-hybridized carbons (Fsp3) is 0.900. The molecule has 0 aliphatic carbocycles. The van der Waals surface area contributed by atoms with Crippen LogP contribution in [0.25, 0.3) is 0 Å². The molecule has 0 atom stereocenters. The Bertz CT molecular complexity index is 245. The van der Waals surface area contributed by atoms with E-state index in [0.29, 0.717) is 0 Å². The maximum Gasteiger partial charge on any atom is 0.261 e. The lowest BCUT2D eigenvalue weighted by atomic mass is 11.6. The lowest BCUT2D eigenvalue weighted by Gasteiger charge is -2.53. The highest BCUT2D eigenvalue weighted by Gasteiger charge is 2.67. The van der Waals surface area contributed by atoms with Crippen molar-refractivity contribution >= 4 is 35.0 Å². The molecular weight excluding hydrogens is 264 g/mol. The van der Waals surface area contributed by atoms with Crippen molar-refractivity contribution in [1.82, 2.24) is 0 Å². The molecule has 0 heterocycles. The summed E-state index contributed by atoms with van der Waals surface area (Å²) in [7, 11) is -4.82. The van der Waals surface area contributed by atoms with Gasteiger partial charge in [-0.2, -0.15) is 0 Å². The second-order valence-corrected chi connectivity index (χ2v) is 48.0. The van der Waals surface area contributed by atoms with Gasteiger partial charge in [0, 0.05) is 22.8 Å². The zero-order valence-electron chi connectivity index (χ0n) is 12.4. The summed E-state index contributed by atoms with van der Waals surface area (Å²) in [5, 5.41) is 10.00. The van der Waals surface area contributed by atoms with E-state index >= 15 is 0 Å². The highest BCUT2D eigenvalue weighted by atomic mass is 29.9. The van der Waals surface area contributed by atoms with Gasteiger partial charge in [0.25, 0.3) is 5.59 Å². The largest absolute Gasteiger partial charge is 0.486 e. The maximum atomic E-state index is 12.1. The molecule has 0 radical (unpaired) electrons. The maximum absolute atomic E-state index is 12.1. The number of rotatable bonds is 4. The highest BCUT2D eigenvalue weighted by molar-refractivity contribution is 7.96. The Morgan fingerprint density at radius 3 is 0.875 bits per heavy atom. The van der Waals surface area contributed by atoms with E-state index < -0.39 is 29.4 Å². The third-order valence-corrected chi connectivity index (χ3v) is 73.8. The minimum Gasteiger partial charge on any atom is -0.486 e. The monoisotopic (exact) mass is 292 g/mol. The molecule has 0 aliphatic rings. The minimum atomic E-state index is -2.14. The van der Waals surface area contributed by atoms with Crippen LogP contribution in [-0.2, 0) is 0 Å². The normalized spacial score (nSPS) is 15.1. The fourth-order valence-corrected chi connectivity index (χ4v) is 99.8. The first-order valence-corrected chi connectivity index (χ1v) is 21.4. The van der Waals surface area contributed by atoms with Gasteiger partial charge in [-0.15, -0.1) is 0 Å². The summed E-state index contributed by atoms with van der Waals surface area (Å²) in [5.74, 6) is 0. The van der Waals surface area contributed by atoms with Crippen LogP contribution in [0.4, 0.5) is 4.79 Å². The van der Waals surface area contributed by atoms with Crippen LogP contribution in [0.2, 0.25) is 58.9 Å². The van der Waals surface area contributed by atoms with Gasteiger partial charge in [0.15, 0.2) is 6.63 Å². The number of hydrogen-bond acceptors (Lipinski definition) is 1. The summed E-state index contributed by atoms with van der Waals surface area (Å²) in [5.41, 5.74) is -0.370. The van der Waals surface area contributed by atoms with Crippen molar-refractivity contribution in [3.63, 3.8) is 0 Å². The Hall–Kier alpha value is 0.338. The first kappa shape index (κ1) is 16.3. The van der Waals surface area contributed by atoms with Gasteiger partial charge in [-0.1, -0.05) is 58.9 Å². The number of hydrogen-bond donors (Lipinski definition) is 1. The van der Waals surface area contributed by atoms with Crippen LogP contribution in [0.1, 0.15) is 0 Å². The smallest absolute Gasteiger partial charge is 0.261 e. The van der Waals surface area contributed by atoms with Gasteiger partial charge in [-0.05, 0) is 0 Å². The van der Waals surface area contributed by atoms with Crippen LogP contribution in [0.5, 0.6) is 0 Å². The van der Waals surface area contributed by atoms with Crippen molar-refractivity contribution in [3.8, 4) is 0 Å². The second-order valence-electron chi connectivity index (χ2n) is 7.81. The quantitative estimate of drug-likeness (QED) is 0.797. The zero-order chi connectivity index (χ0) is 13.6. The third-order valence-electron chi connectivity index (χ3n) is 3.70. The molecule has 2 nitrogen and oxygen atoms in total. The summed E-state index contributed by atoms with van der Waals surface area (Å²) in [4.78, 5) is 12.1. The molecule has 0 saturated carbocycles. The highest BCUT2D eigenvalue weighted by Crippen LogP contribution is 2.37. The van der Waals surface area contributed by atoms with E-state index in [9.17, 15) is 9.90 Å². The zero-order valence-corrected chi connectivity index (χ0v) is 16.4. The molecule has 0 bridgehead atoms. The Morgan fingerprint density at radius 2 is 0.875 bits per heavy atom. The van der Waals surface area contributed by atoms with Gasteiger partial charge in [0.05, 0.1) is 0 Å². The van der Waals surface area contributed by atoms with Crippen LogP contribution >= 0.6 is 0 Å². The van der Waals surface area contributed by atoms with E-state index in [2.05, 4.69) is 58.9 Å². The Balaban J connectivity index is 6.17. The van der Waals surface area contributed by atoms with Gasteiger partial charge in [-0.3, -0.25) is 4.79 Å². The molecule has 1 N–H and O–H groups in total. The van der Waals surface area contributed by atoms with Crippen molar-refractivity contribution in [2.75, 3.05) is 0 Å². The van der Waals surface area contributed by atoms with Crippen molar-refractivity contribution in [3.05, 3.63) is 0 Å². The molecule has 0 aromatic heterocycles. The summed E-state index contributed by atoms with van der Waals surface area (Å²) in [6, 6.07) is 0. The molecule has 0 aromatic rings. The average molecular weight is 293 g/mol. The molecule has 0 saturated heterocycles. The Morgan fingerprint density at radius 1 is 0.688 bits per heavy atom. The fourth-order valence-electron chi connectivity index (χ4n) is 4.34. The van der Waals surface area contributed by atoms with Crippen LogP contribution in [0, 0.1) is 0 Å². The predicted molar refractivity (Wildman–Crippen MR) is 83.8 cm³/mol. The molecule has 16 heavy (non-hydrogen) atoms. The topological polar surface area (TPSA) is 37.3 Å². The average Bonchev–Trinajstić information content (AvgIpc) is 1.71. The third kappa shape index (κ3) is 2.29. The number of carbonyl (C=O) groups is 1. The molecule has 0 fully saturated rings. The molecule has 0 spiro atoms. The van der Waals surface area contributed by atoms with E-state index in [1.807, 2.05) is 0 Å². The van der Waals surface area contributed by atoms with E-state index in [4.69, 9.17) is 0 Å². The molecule has 96 valence electrons. The van der Waals surface area contributed by atoms with Gasteiger partial charge >= 0.3 is 0 Å². The van der Waals surface area contributed by atoms with Crippen molar-refractivity contribution < 1.29 is 9.90 Å². The molecule has 0 amide bonds. The first-order chi connectivity index (χ1) is 6.69. The number of carboxylic acid groups (broad SMARTS) is 1.